The number of hydrogen-bond donors (Lipinski definition) is 2. The highest BCUT2D eigenvalue weighted by Gasteiger charge is 2.20. The fourth-order valence-electron chi connectivity index (χ4n) is 2.86. The van der Waals surface area contributed by atoms with Gasteiger partial charge >= 0.3 is 5.97 Å². The topological polar surface area (TPSA) is 97.0 Å². The molecule has 0 radical (unpaired) electrons. The van der Waals surface area contributed by atoms with E-state index < -0.39 is 0 Å². The van der Waals surface area contributed by atoms with Crippen LogP contribution in [0.4, 0.5) is 5.82 Å². The molecule has 1 amide bonds. The number of pyridine rings is 1. The van der Waals surface area contributed by atoms with E-state index in [4.69, 9.17) is 16.3 Å². The van der Waals surface area contributed by atoms with E-state index >= 15 is 0 Å². The number of carbonyl (C=O) groups excluding carboxylic acids is 2. The summed E-state index contributed by atoms with van der Waals surface area (Å²) in [5, 5.41) is 10.6. The van der Waals surface area contributed by atoms with E-state index in [0.29, 0.717) is 28.5 Å². The Hall–Kier alpha value is -3.19. The van der Waals surface area contributed by atoms with Crippen molar-refractivity contribution in [1.29, 1.82) is 0 Å². The Balaban J connectivity index is 1.75. The van der Waals surface area contributed by atoms with Gasteiger partial charge in [-0.05, 0) is 43.2 Å². The van der Waals surface area contributed by atoms with Crippen LogP contribution in [0.25, 0.3) is 11.3 Å². The fourth-order valence-corrected chi connectivity index (χ4v) is 2.98. The minimum absolute atomic E-state index is 0.00516. The number of H-pyrrole nitrogens is 1. The number of rotatable bonds is 8. The number of amides is 1. The van der Waals surface area contributed by atoms with Crippen LogP contribution in [0.5, 0.6) is 0 Å². The van der Waals surface area contributed by atoms with E-state index in [2.05, 4.69) is 20.5 Å². The molecule has 0 saturated carbocycles. The number of aromatic nitrogens is 3. The number of nitrogens with one attached hydrogen (secondary N) is 2. The standard InChI is InChI=1S/C21H21ClN4O3/c1-2-29-19(28)13-17-20(15-9-11-23-12-10-15)25-26-21(17)24-18(27)8-5-14-3-6-16(22)7-4-14/h3-4,6-7,9-12H,2,5,8,13H2,1H3,(H2,24,25,26,27). The third-order valence-corrected chi connectivity index (χ3v) is 4.52. The number of benzene rings is 1. The SMILES string of the molecule is CCOC(=O)Cc1c(-c2ccncc2)n[nH]c1NC(=O)CCc1ccc(Cl)cc1. The molecule has 0 unspecified atom stereocenters. The molecule has 3 aromatic rings. The van der Waals surface area contributed by atoms with Crippen molar-refractivity contribution in [2.75, 3.05) is 11.9 Å². The highest BCUT2D eigenvalue weighted by atomic mass is 35.5. The largest absolute Gasteiger partial charge is 0.466 e. The highest BCUT2D eigenvalue weighted by molar-refractivity contribution is 6.30. The van der Waals surface area contributed by atoms with Crippen molar-refractivity contribution in [2.24, 2.45) is 0 Å². The van der Waals surface area contributed by atoms with Gasteiger partial charge in [-0.1, -0.05) is 23.7 Å². The molecule has 150 valence electrons. The molecule has 1 aromatic carbocycles. The monoisotopic (exact) mass is 412 g/mol. The quantitative estimate of drug-likeness (QED) is 0.548. The number of anilines is 1. The second-order valence-electron chi connectivity index (χ2n) is 6.32. The molecule has 0 aliphatic heterocycles. The van der Waals surface area contributed by atoms with Crippen LogP contribution in [0.15, 0.2) is 48.8 Å². The van der Waals surface area contributed by atoms with E-state index in [9.17, 15) is 9.59 Å². The maximum atomic E-state index is 12.5. The number of nitrogens with zero attached hydrogens (tertiary/aromatic N) is 2. The van der Waals surface area contributed by atoms with Crippen molar-refractivity contribution < 1.29 is 14.3 Å². The Kier molecular flexibility index (Phi) is 6.97. The van der Waals surface area contributed by atoms with Gasteiger partial charge in [-0.2, -0.15) is 5.10 Å². The van der Waals surface area contributed by atoms with Gasteiger partial charge < -0.3 is 10.1 Å². The Morgan fingerprint density at radius 3 is 2.55 bits per heavy atom. The fraction of sp³-hybridized carbons (Fsp3) is 0.238. The lowest BCUT2D eigenvalue weighted by molar-refractivity contribution is -0.142. The summed E-state index contributed by atoms with van der Waals surface area (Å²) in [7, 11) is 0. The molecule has 2 heterocycles. The first-order valence-corrected chi connectivity index (χ1v) is 9.62. The zero-order chi connectivity index (χ0) is 20.6. The lowest BCUT2D eigenvalue weighted by atomic mass is 10.1. The number of carbonyl (C=O) groups is 2. The van der Waals surface area contributed by atoms with Crippen molar-refractivity contribution in [3.8, 4) is 11.3 Å². The molecule has 8 heteroatoms. The van der Waals surface area contributed by atoms with E-state index in [1.54, 1.807) is 43.6 Å². The average Bonchev–Trinajstić information content (AvgIpc) is 3.10. The summed E-state index contributed by atoms with van der Waals surface area (Å²) in [4.78, 5) is 28.5. The van der Waals surface area contributed by atoms with E-state index in [1.807, 2.05) is 12.1 Å². The minimum atomic E-state index is -0.388. The first kappa shape index (κ1) is 20.5. The second kappa shape index (κ2) is 9.84. The van der Waals surface area contributed by atoms with Crippen LogP contribution >= 0.6 is 11.6 Å². The van der Waals surface area contributed by atoms with Crippen molar-refractivity contribution >= 4 is 29.3 Å². The summed E-state index contributed by atoms with van der Waals surface area (Å²) in [5.41, 5.74) is 2.96. The van der Waals surface area contributed by atoms with Crippen molar-refractivity contribution in [3.63, 3.8) is 0 Å². The maximum absolute atomic E-state index is 12.5. The predicted molar refractivity (Wildman–Crippen MR) is 111 cm³/mol. The van der Waals surface area contributed by atoms with Crippen LogP contribution in [0.3, 0.4) is 0 Å². The molecule has 0 aliphatic carbocycles. The lowest BCUT2D eigenvalue weighted by Gasteiger charge is -2.08. The minimum Gasteiger partial charge on any atom is -0.466 e. The molecule has 2 N–H and O–H groups in total. The highest BCUT2D eigenvalue weighted by Crippen LogP contribution is 2.27. The van der Waals surface area contributed by atoms with Gasteiger partial charge in [0.1, 0.15) is 5.82 Å². The van der Waals surface area contributed by atoms with Crippen molar-refractivity contribution in [3.05, 3.63) is 64.9 Å². The first-order valence-electron chi connectivity index (χ1n) is 9.24. The first-order chi connectivity index (χ1) is 14.1. The second-order valence-corrected chi connectivity index (χ2v) is 6.75. The van der Waals surface area contributed by atoms with Gasteiger partial charge in [0.05, 0.1) is 18.7 Å². The molecular formula is C21H21ClN4O3. The molecule has 0 spiro atoms. The number of ether oxygens (including phenoxy) is 1. The van der Waals surface area contributed by atoms with Gasteiger partial charge in [-0.25, -0.2) is 0 Å². The number of halogens is 1. The normalized spacial score (nSPS) is 10.6. The van der Waals surface area contributed by atoms with Crippen LogP contribution in [0.2, 0.25) is 5.02 Å². The maximum Gasteiger partial charge on any atom is 0.310 e. The van der Waals surface area contributed by atoms with Gasteiger partial charge in [0.15, 0.2) is 0 Å². The van der Waals surface area contributed by atoms with Gasteiger partial charge in [0.25, 0.3) is 0 Å². The summed E-state index contributed by atoms with van der Waals surface area (Å²) >= 11 is 5.88. The summed E-state index contributed by atoms with van der Waals surface area (Å²) in [5.74, 6) is -0.179. The molecule has 0 saturated heterocycles. The molecule has 0 fully saturated rings. The Bertz CT molecular complexity index is 971. The van der Waals surface area contributed by atoms with Gasteiger partial charge in [-0.15, -0.1) is 0 Å². The van der Waals surface area contributed by atoms with Crippen molar-refractivity contribution in [2.45, 2.75) is 26.2 Å². The molecule has 0 atom stereocenters. The van der Waals surface area contributed by atoms with Crippen LogP contribution in [0.1, 0.15) is 24.5 Å². The van der Waals surface area contributed by atoms with Gasteiger partial charge in [0.2, 0.25) is 5.91 Å². The molecule has 7 nitrogen and oxygen atoms in total. The molecule has 29 heavy (non-hydrogen) atoms. The van der Waals surface area contributed by atoms with E-state index in [1.165, 1.54) is 0 Å². The number of hydrogen-bond acceptors (Lipinski definition) is 5. The molecule has 0 bridgehead atoms. The zero-order valence-electron chi connectivity index (χ0n) is 15.9. The third kappa shape index (κ3) is 5.65. The Labute approximate surface area is 173 Å². The average molecular weight is 413 g/mol. The summed E-state index contributed by atoms with van der Waals surface area (Å²) in [6.45, 7) is 2.03. The van der Waals surface area contributed by atoms with Crippen LogP contribution in [-0.2, 0) is 27.2 Å². The zero-order valence-corrected chi connectivity index (χ0v) is 16.7. The Morgan fingerprint density at radius 2 is 1.86 bits per heavy atom. The van der Waals surface area contributed by atoms with E-state index in [-0.39, 0.29) is 31.3 Å². The van der Waals surface area contributed by atoms with Gasteiger partial charge in [-0.3, -0.25) is 19.7 Å². The molecule has 0 aliphatic rings. The molecule has 3 rings (SSSR count). The summed E-state index contributed by atoms with van der Waals surface area (Å²) in [6.07, 6.45) is 4.13. The van der Waals surface area contributed by atoms with Crippen LogP contribution < -0.4 is 5.32 Å². The predicted octanol–water partition coefficient (Wildman–Crippen LogP) is 3.80. The molecule has 2 aromatic heterocycles. The van der Waals surface area contributed by atoms with E-state index in [0.717, 1.165) is 11.1 Å². The lowest BCUT2D eigenvalue weighted by Crippen LogP contribution is -2.15. The number of aromatic amines is 1. The number of esters is 1. The smallest absolute Gasteiger partial charge is 0.310 e. The van der Waals surface area contributed by atoms with Crippen LogP contribution in [0, 0.1) is 0 Å². The van der Waals surface area contributed by atoms with Gasteiger partial charge in [0, 0.05) is 35.0 Å². The van der Waals surface area contributed by atoms with Crippen molar-refractivity contribution in [1.82, 2.24) is 15.2 Å². The number of aryl methyl sites for hydroxylation is 1. The van der Waals surface area contributed by atoms with Crippen LogP contribution in [-0.4, -0.2) is 33.7 Å². The molecular weight excluding hydrogens is 392 g/mol. The summed E-state index contributed by atoms with van der Waals surface area (Å²) < 4.78 is 5.06. The summed E-state index contributed by atoms with van der Waals surface area (Å²) in [6, 6.07) is 10.9. The Morgan fingerprint density at radius 1 is 1.14 bits per heavy atom. The third-order valence-electron chi connectivity index (χ3n) is 4.27.